The maximum Gasteiger partial charge on any atom is 0.407 e. The first kappa shape index (κ1) is 26.4. The zero-order valence-electron chi connectivity index (χ0n) is 21.4. The molecule has 2 aromatic carbocycles. The number of rotatable bonds is 15. The highest BCUT2D eigenvalue weighted by molar-refractivity contribution is 5.89. The number of aromatic nitrogens is 2. The van der Waals surface area contributed by atoms with E-state index in [0.29, 0.717) is 13.2 Å². The monoisotopic (exact) mass is 499 g/mol. The molecule has 194 valence electrons. The summed E-state index contributed by atoms with van der Waals surface area (Å²) in [6, 6.07) is 18.7. The van der Waals surface area contributed by atoms with Gasteiger partial charge in [0.25, 0.3) is 0 Å². The Labute approximate surface area is 219 Å². The third kappa shape index (κ3) is 9.69. The summed E-state index contributed by atoms with van der Waals surface area (Å²) in [7, 11) is 0. The molecule has 1 amide bonds. The molecule has 7 nitrogen and oxygen atoms in total. The number of aryl methyl sites for hydroxylation is 1. The molecule has 0 fully saturated rings. The molecule has 1 aliphatic heterocycles. The Morgan fingerprint density at radius 3 is 2.49 bits per heavy atom. The summed E-state index contributed by atoms with van der Waals surface area (Å²) in [5.41, 5.74) is 4.86. The molecule has 0 saturated heterocycles. The Morgan fingerprint density at radius 2 is 1.73 bits per heavy atom. The van der Waals surface area contributed by atoms with Crippen LogP contribution in [0, 0.1) is 0 Å². The minimum absolute atomic E-state index is 0.306. The first-order valence-electron chi connectivity index (χ1n) is 13.2. The first-order chi connectivity index (χ1) is 18.2. The molecule has 2 N–H and O–H groups in total. The van der Waals surface area contributed by atoms with Crippen molar-refractivity contribution >= 4 is 11.8 Å². The van der Waals surface area contributed by atoms with Crippen LogP contribution in [0.1, 0.15) is 54.6 Å². The maximum atomic E-state index is 11.8. The number of unbranched alkanes of at least 4 members (excludes halogenated alkanes) is 3. The minimum atomic E-state index is -0.348. The van der Waals surface area contributed by atoms with Crippen molar-refractivity contribution < 1.29 is 9.53 Å². The number of hydrogen-bond acceptors (Lipinski definition) is 5. The Morgan fingerprint density at radius 1 is 0.919 bits per heavy atom. The van der Waals surface area contributed by atoms with Gasteiger partial charge in [0.2, 0.25) is 0 Å². The van der Waals surface area contributed by atoms with E-state index in [1.807, 2.05) is 42.7 Å². The van der Waals surface area contributed by atoms with Crippen LogP contribution in [0.2, 0.25) is 0 Å². The van der Waals surface area contributed by atoms with Gasteiger partial charge < -0.3 is 15.0 Å². The number of aliphatic imine (C=N–C) groups is 1. The molecule has 0 radical (unpaired) electrons. The molecule has 0 spiro atoms. The number of ether oxygens (including phenoxy) is 1. The average Bonchev–Trinajstić information content (AvgIpc) is 3.63. The number of nitrogens with one attached hydrogen (secondary N) is 2. The van der Waals surface area contributed by atoms with Crippen molar-refractivity contribution in [2.45, 2.75) is 58.2 Å². The molecule has 37 heavy (non-hydrogen) atoms. The van der Waals surface area contributed by atoms with E-state index in [0.717, 1.165) is 69.5 Å². The second-order valence-corrected chi connectivity index (χ2v) is 9.43. The van der Waals surface area contributed by atoms with Gasteiger partial charge >= 0.3 is 6.09 Å². The van der Waals surface area contributed by atoms with Crippen LogP contribution in [0.15, 0.2) is 84.3 Å². The van der Waals surface area contributed by atoms with Crippen molar-refractivity contribution in [3.8, 4) is 0 Å². The van der Waals surface area contributed by atoms with Crippen LogP contribution in [-0.4, -0.2) is 39.8 Å². The highest BCUT2D eigenvalue weighted by atomic mass is 16.5. The maximum absolute atomic E-state index is 11.8. The van der Waals surface area contributed by atoms with E-state index >= 15 is 0 Å². The van der Waals surface area contributed by atoms with Crippen LogP contribution < -0.4 is 5.32 Å². The van der Waals surface area contributed by atoms with Crippen LogP contribution in [0.25, 0.3) is 0 Å². The topological polar surface area (TPSA) is 82.6 Å². The fraction of sp³-hybridized carbons (Fsp3) is 0.367. The van der Waals surface area contributed by atoms with Crippen LogP contribution >= 0.6 is 0 Å². The number of carbonyl (C=O) groups excluding carboxylic acids is 1. The Hall–Kier alpha value is -3.71. The predicted molar refractivity (Wildman–Crippen MR) is 147 cm³/mol. The van der Waals surface area contributed by atoms with Crippen LogP contribution in [0.5, 0.6) is 0 Å². The lowest BCUT2D eigenvalue weighted by Crippen LogP contribution is -2.29. The van der Waals surface area contributed by atoms with Crippen molar-refractivity contribution in [2.24, 2.45) is 4.99 Å². The minimum Gasteiger partial charge on any atom is -0.445 e. The van der Waals surface area contributed by atoms with Crippen molar-refractivity contribution in [1.82, 2.24) is 20.2 Å². The van der Waals surface area contributed by atoms with Crippen LogP contribution in [0.4, 0.5) is 4.79 Å². The number of carbonyl (C=O) groups is 1. The van der Waals surface area contributed by atoms with Gasteiger partial charge in [0, 0.05) is 50.4 Å². The molecule has 0 bridgehead atoms. The Bertz CT molecular complexity index is 1120. The fourth-order valence-corrected chi connectivity index (χ4v) is 4.37. The molecule has 1 aromatic heterocycles. The quantitative estimate of drug-likeness (QED) is 0.259. The van der Waals surface area contributed by atoms with Gasteiger partial charge in [-0.25, -0.2) is 9.78 Å². The standard InChI is InChI=1S/C30H37N5O2/c36-30(37-24-27-10-5-3-6-11-27)34-17-7-2-1-4-9-25-13-15-26(16-14-25)21-35(22-28-12-8-18-31-28)23-29-32-19-20-33-29/h3,5-6,8,10-11,13-16,18-20H,1-2,4,7,9,12,17,21-24H2,(H,32,33)(H,34,36). The number of imidazole rings is 1. The number of amides is 1. The third-order valence-corrected chi connectivity index (χ3v) is 6.35. The number of allylic oxidation sites excluding steroid dienone is 1. The average molecular weight is 500 g/mol. The van der Waals surface area contributed by atoms with Crippen molar-refractivity contribution in [3.05, 3.63) is 102 Å². The lowest BCUT2D eigenvalue weighted by atomic mass is 10.0. The number of aromatic amines is 1. The second-order valence-electron chi connectivity index (χ2n) is 9.43. The second kappa shape index (κ2) is 14.8. The molecule has 4 rings (SSSR count). The van der Waals surface area contributed by atoms with Gasteiger partial charge in [-0.15, -0.1) is 0 Å². The molecule has 7 heteroatoms. The normalized spacial score (nSPS) is 12.6. The first-order valence-corrected chi connectivity index (χ1v) is 13.2. The highest BCUT2D eigenvalue weighted by Gasteiger charge is 2.13. The van der Waals surface area contributed by atoms with Gasteiger partial charge in [0.15, 0.2) is 0 Å². The summed E-state index contributed by atoms with van der Waals surface area (Å²) in [5.74, 6) is 0.974. The molecule has 1 aliphatic rings. The molecule has 2 heterocycles. The smallest absolute Gasteiger partial charge is 0.407 e. The summed E-state index contributed by atoms with van der Waals surface area (Å²) in [4.78, 5) is 26.3. The number of benzene rings is 2. The molecule has 0 unspecified atom stereocenters. The molecule has 0 saturated carbocycles. The zero-order chi connectivity index (χ0) is 25.5. The largest absolute Gasteiger partial charge is 0.445 e. The Kier molecular flexibility index (Phi) is 10.5. The van der Waals surface area contributed by atoms with E-state index in [1.165, 1.54) is 16.8 Å². The Balaban J connectivity index is 1.09. The summed E-state index contributed by atoms with van der Waals surface area (Å²) in [5, 5.41) is 2.84. The molecule has 0 aliphatic carbocycles. The van der Waals surface area contributed by atoms with Crippen molar-refractivity contribution in [1.29, 1.82) is 0 Å². The summed E-state index contributed by atoms with van der Waals surface area (Å²) >= 11 is 0. The van der Waals surface area contributed by atoms with Gasteiger partial charge in [0.05, 0.1) is 6.54 Å². The van der Waals surface area contributed by atoms with Gasteiger partial charge in [0.1, 0.15) is 12.4 Å². The number of hydrogen-bond donors (Lipinski definition) is 2. The van der Waals surface area contributed by atoms with Crippen LogP contribution in [-0.2, 0) is 30.9 Å². The van der Waals surface area contributed by atoms with Crippen LogP contribution in [0.3, 0.4) is 0 Å². The third-order valence-electron chi connectivity index (χ3n) is 6.35. The van der Waals surface area contributed by atoms with E-state index in [2.05, 4.69) is 55.5 Å². The SMILES string of the molecule is O=C(NCCCCCCc1ccc(CN(CC2=NC=CC2)Cc2ncc[nH]2)cc1)OCc1ccccc1. The van der Waals surface area contributed by atoms with E-state index in [9.17, 15) is 4.79 Å². The van der Waals surface area contributed by atoms with E-state index in [1.54, 1.807) is 6.20 Å². The van der Waals surface area contributed by atoms with E-state index < -0.39 is 0 Å². The molecular formula is C30H37N5O2. The summed E-state index contributed by atoms with van der Waals surface area (Å²) in [6.45, 7) is 3.43. The lowest BCUT2D eigenvalue weighted by Gasteiger charge is -2.21. The van der Waals surface area contributed by atoms with E-state index in [-0.39, 0.29) is 6.09 Å². The summed E-state index contributed by atoms with van der Waals surface area (Å²) in [6.07, 6.45) is 13.7. The number of H-pyrrole nitrogens is 1. The van der Waals surface area contributed by atoms with Gasteiger partial charge in [-0.3, -0.25) is 9.89 Å². The van der Waals surface area contributed by atoms with E-state index in [4.69, 9.17) is 4.74 Å². The fourth-order valence-electron chi connectivity index (χ4n) is 4.37. The van der Waals surface area contributed by atoms with Crippen molar-refractivity contribution in [3.63, 3.8) is 0 Å². The van der Waals surface area contributed by atoms with Gasteiger partial charge in [-0.2, -0.15) is 0 Å². The zero-order valence-corrected chi connectivity index (χ0v) is 21.4. The molecular weight excluding hydrogens is 462 g/mol. The number of nitrogens with zero attached hydrogens (tertiary/aromatic N) is 3. The van der Waals surface area contributed by atoms with Gasteiger partial charge in [-0.1, -0.05) is 73.5 Å². The van der Waals surface area contributed by atoms with Gasteiger partial charge in [-0.05, 0) is 36.0 Å². The lowest BCUT2D eigenvalue weighted by molar-refractivity contribution is 0.139. The predicted octanol–water partition coefficient (Wildman–Crippen LogP) is 5.80. The molecule has 0 atom stereocenters. The summed E-state index contributed by atoms with van der Waals surface area (Å²) < 4.78 is 5.24. The molecule has 3 aromatic rings. The number of alkyl carbamates (subject to hydrolysis) is 1. The highest BCUT2D eigenvalue weighted by Crippen LogP contribution is 2.14. The van der Waals surface area contributed by atoms with Crippen molar-refractivity contribution in [2.75, 3.05) is 13.1 Å².